The maximum absolute atomic E-state index is 13.1. The van der Waals surface area contributed by atoms with E-state index in [1.807, 2.05) is 6.92 Å². The van der Waals surface area contributed by atoms with E-state index in [1.54, 1.807) is 18.2 Å². The second-order valence-electron chi connectivity index (χ2n) is 6.50. The Balaban J connectivity index is 1.93. The minimum Gasteiger partial charge on any atom is -0.496 e. The van der Waals surface area contributed by atoms with Crippen molar-refractivity contribution in [2.75, 3.05) is 12.4 Å². The van der Waals surface area contributed by atoms with Crippen LogP contribution in [0, 0.1) is 11.3 Å². The number of hydrogen-bond acceptors (Lipinski definition) is 4. The van der Waals surface area contributed by atoms with Gasteiger partial charge in [-0.2, -0.15) is 18.4 Å². The second-order valence-corrected chi connectivity index (χ2v) is 6.50. The van der Waals surface area contributed by atoms with Gasteiger partial charge >= 0.3 is 6.18 Å². The summed E-state index contributed by atoms with van der Waals surface area (Å²) in [6, 6.07) is 9.70. The number of rotatable bonds is 4. The first-order valence-electron chi connectivity index (χ1n) is 8.70. The van der Waals surface area contributed by atoms with E-state index < -0.39 is 23.3 Å². The van der Waals surface area contributed by atoms with Gasteiger partial charge in [-0.25, -0.2) is 0 Å². The zero-order valence-electron chi connectivity index (χ0n) is 15.6. The average Bonchev–Trinajstić information content (AvgIpc) is 3.03. The van der Waals surface area contributed by atoms with Crippen molar-refractivity contribution in [2.45, 2.75) is 25.6 Å². The van der Waals surface area contributed by atoms with E-state index in [4.69, 9.17) is 9.47 Å². The van der Waals surface area contributed by atoms with Crippen LogP contribution in [0.3, 0.4) is 0 Å². The van der Waals surface area contributed by atoms with Crippen LogP contribution in [0.15, 0.2) is 42.0 Å². The van der Waals surface area contributed by atoms with E-state index in [2.05, 4.69) is 5.32 Å². The number of halogens is 3. The van der Waals surface area contributed by atoms with Crippen LogP contribution < -0.4 is 14.8 Å². The highest BCUT2D eigenvalue weighted by Gasteiger charge is 2.33. The number of alkyl halides is 3. The van der Waals surface area contributed by atoms with Crippen molar-refractivity contribution in [2.24, 2.45) is 0 Å². The molecule has 1 unspecified atom stereocenters. The van der Waals surface area contributed by atoms with Crippen LogP contribution in [0.25, 0.3) is 6.08 Å². The predicted molar refractivity (Wildman–Crippen MR) is 100 cm³/mol. The molecule has 0 spiro atoms. The van der Waals surface area contributed by atoms with E-state index in [-0.39, 0.29) is 11.7 Å². The molecule has 1 amide bonds. The Bertz CT molecular complexity index is 1020. The van der Waals surface area contributed by atoms with Crippen LogP contribution in [-0.4, -0.2) is 19.1 Å². The number of nitrogens with one attached hydrogen (secondary N) is 1. The van der Waals surface area contributed by atoms with Crippen LogP contribution in [0.5, 0.6) is 11.5 Å². The molecule has 0 fully saturated rings. The molecule has 1 aliphatic rings. The summed E-state index contributed by atoms with van der Waals surface area (Å²) in [7, 11) is 1.45. The van der Waals surface area contributed by atoms with Gasteiger partial charge in [0.25, 0.3) is 5.91 Å². The number of carbonyl (C=O) groups excluding carboxylic acids is 1. The third kappa shape index (κ3) is 4.35. The molecule has 2 aromatic rings. The van der Waals surface area contributed by atoms with Gasteiger partial charge in [-0.3, -0.25) is 4.79 Å². The number of para-hydroxylation sites is 1. The number of methoxy groups -OCH3 is 1. The fourth-order valence-corrected chi connectivity index (χ4v) is 3.08. The Morgan fingerprint density at radius 2 is 2.07 bits per heavy atom. The Morgan fingerprint density at radius 3 is 2.72 bits per heavy atom. The van der Waals surface area contributed by atoms with Crippen LogP contribution in [0.1, 0.15) is 23.6 Å². The lowest BCUT2D eigenvalue weighted by Crippen LogP contribution is -2.17. The molecule has 0 aliphatic carbocycles. The fourth-order valence-electron chi connectivity index (χ4n) is 3.08. The molecule has 1 N–H and O–H groups in total. The van der Waals surface area contributed by atoms with E-state index in [9.17, 15) is 23.2 Å². The molecule has 29 heavy (non-hydrogen) atoms. The molecule has 0 saturated heterocycles. The van der Waals surface area contributed by atoms with Gasteiger partial charge in [0.15, 0.2) is 0 Å². The van der Waals surface area contributed by atoms with Gasteiger partial charge in [0.2, 0.25) is 0 Å². The number of ether oxygens (including phenoxy) is 2. The molecule has 1 heterocycles. The molecule has 2 aromatic carbocycles. The first-order valence-corrected chi connectivity index (χ1v) is 8.70. The quantitative estimate of drug-likeness (QED) is 0.600. The third-order valence-electron chi connectivity index (χ3n) is 4.39. The molecule has 5 nitrogen and oxygen atoms in total. The van der Waals surface area contributed by atoms with Crippen LogP contribution in [0.4, 0.5) is 18.9 Å². The Hall–Kier alpha value is -3.47. The first kappa shape index (κ1) is 20.3. The molecule has 8 heteroatoms. The molecule has 0 saturated carbocycles. The van der Waals surface area contributed by atoms with Gasteiger partial charge in [0.1, 0.15) is 29.2 Å². The van der Waals surface area contributed by atoms with Crippen molar-refractivity contribution in [3.8, 4) is 17.6 Å². The monoisotopic (exact) mass is 402 g/mol. The summed E-state index contributed by atoms with van der Waals surface area (Å²) in [5.74, 6) is 0.0865. The second kappa shape index (κ2) is 7.87. The lowest BCUT2D eigenvalue weighted by Gasteiger charge is -2.13. The van der Waals surface area contributed by atoms with Crippen LogP contribution in [-0.2, 0) is 17.4 Å². The maximum Gasteiger partial charge on any atom is 0.418 e. The van der Waals surface area contributed by atoms with Crippen molar-refractivity contribution in [3.63, 3.8) is 0 Å². The minimum absolute atomic E-state index is 0.00783. The standard InChI is InChI=1S/C21H17F3N2O3/c1-12-7-13-9-18(28-2)14(10-19(13)29-12)8-15(11-25)20(27)26-17-6-4-3-5-16(17)21(22,23)24/h3-6,8-10,12H,7H2,1-2H3,(H,26,27)/b15-8+. The van der Waals surface area contributed by atoms with Crippen molar-refractivity contribution in [1.82, 2.24) is 0 Å². The van der Waals surface area contributed by atoms with E-state index in [0.29, 0.717) is 23.5 Å². The summed E-state index contributed by atoms with van der Waals surface area (Å²) >= 11 is 0. The SMILES string of the molecule is COc1cc2c(cc1/C=C(\C#N)C(=O)Nc1ccccc1C(F)(F)F)OC(C)C2. The Morgan fingerprint density at radius 1 is 1.34 bits per heavy atom. The maximum atomic E-state index is 13.1. The lowest BCUT2D eigenvalue weighted by molar-refractivity contribution is -0.137. The molecule has 0 radical (unpaired) electrons. The highest BCUT2D eigenvalue weighted by molar-refractivity contribution is 6.10. The molecule has 1 atom stereocenters. The smallest absolute Gasteiger partial charge is 0.418 e. The minimum atomic E-state index is -4.64. The van der Waals surface area contributed by atoms with Gasteiger partial charge < -0.3 is 14.8 Å². The summed E-state index contributed by atoms with van der Waals surface area (Å²) < 4.78 is 50.4. The van der Waals surface area contributed by atoms with E-state index in [0.717, 1.165) is 17.7 Å². The number of amides is 1. The Kier molecular flexibility index (Phi) is 5.50. The summed E-state index contributed by atoms with van der Waals surface area (Å²) in [5.41, 5.74) is -0.441. The van der Waals surface area contributed by atoms with E-state index >= 15 is 0 Å². The van der Waals surface area contributed by atoms with Gasteiger partial charge in [0.05, 0.1) is 18.4 Å². The highest BCUT2D eigenvalue weighted by Crippen LogP contribution is 2.37. The highest BCUT2D eigenvalue weighted by atomic mass is 19.4. The number of benzene rings is 2. The topological polar surface area (TPSA) is 71.3 Å². The molecule has 150 valence electrons. The number of hydrogen-bond donors (Lipinski definition) is 1. The first-order chi connectivity index (χ1) is 13.7. The van der Waals surface area contributed by atoms with Gasteiger partial charge in [-0.1, -0.05) is 12.1 Å². The van der Waals surface area contributed by atoms with E-state index in [1.165, 1.54) is 25.3 Å². The van der Waals surface area contributed by atoms with Gasteiger partial charge in [-0.15, -0.1) is 0 Å². The average molecular weight is 402 g/mol. The number of carbonyl (C=O) groups is 1. The number of nitrogens with zero attached hydrogens (tertiary/aromatic N) is 1. The molecule has 1 aliphatic heterocycles. The van der Waals surface area contributed by atoms with Gasteiger partial charge in [0, 0.05) is 17.5 Å². The lowest BCUT2D eigenvalue weighted by atomic mass is 10.0. The summed E-state index contributed by atoms with van der Waals surface area (Å²) in [6.45, 7) is 1.91. The summed E-state index contributed by atoms with van der Waals surface area (Å²) in [4.78, 5) is 12.5. The fraction of sp³-hybridized carbons (Fsp3) is 0.238. The van der Waals surface area contributed by atoms with Gasteiger partial charge in [-0.05, 0) is 37.3 Å². The molecule has 0 aromatic heterocycles. The molecular formula is C21H17F3N2O3. The van der Waals surface area contributed by atoms with Crippen molar-refractivity contribution < 1.29 is 27.4 Å². The normalized spacial score (nSPS) is 15.9. The van der Waals surface area contributed by atoms with Crippen molar-refractivity contribution >= 4 is 17.7 Å². The van der Waals surface area contributed by atoms with Crippen molar-refractivity contribution in [3.05, 3.63) is 58.7 Å². The zero-order chi connectivity index (χ0) is 21.2. The molecular weight excluding hydrogens is 385 g/mol. The third-order valence-corrected chi connectivity index (χ3v) is 4.39. The Labute approximate surface area is 165 Å². The summed E-state index contributed by atoms with van der Waals surface area (Å²) in [5, 5.41) is 11.6. The number of anilines is 1. The number of fused-ring (bicyclic) bond motifs is 1. The summed E-state index contributed by atoms with van der Waals surface area (Å²) in [6.07, 6.45) is -2.68. The van der Waals surface area contributed by atoms with Crippen LogP contribution in [0.2, 0.25) is 0 Å². The molecule has 0 bridgehead atoms. The van der Waals surface area contributed by atoms with Crippen molar-refractivity contribution in [1.29, 1.82) is 5.26 Å². The molecule has 3 rings (SSSR count). The zero-order valence-corrected chi connectivity index (χ0v) is 15.6. The largest absolute Gasteiger partial charge is 0.496 e. The van der Waals surface area contributed by atoms with Crippen LogP contribution >= 0.6 is 0 Å². The predicted octanol–water partition coefficient (Wildman–Crippen LogP) is 4.58. The number of nitriles is 1.